The Labute approximate surface area is 117 Å². The molecule has 1 unspecified atom stereocenters. The highest BCUT2D eigenvalue weighted by Crippen LogP contribution is 2.09. The highest BCUT2D eigenvalue weighted by atomic mass is 16.5. The van der Waals surface area contributed by atoms with Gasteiger partial charge in [0.15, 0.2) is 0 Å². The van der Waals surface area contributed by atoms with E-state index >= 15 is 0 Å². The largest absolute Gasteiger partial charge is 0.465 e. The summed E-state index contributed by atoms with van der Waals surface area (Å²) < 4.78 is 10.5. The van der Waals surface area contributed by atoms with Gasteiger partial charge in [-0.25, -0.2) is 0 Å². The minimum Gasteiger partial charge on any atom is -0.465 e. The van der Waals surface area contributed by atoms with Gasteiger partial charge in [-0.3, -0.25) is 4.79 Å². The van der Waals surface area contributed by atoms with Gasteiger partial charge >= 0.3 is 5.97 Å². The Morgan fingerprint density at radius 1 is 1.26 bits per heavy atom. The maximum atomic E-state index is 12.1. The third kappa shape index (κ3) is 7.50. The van der Waals surface area contributed by atoms with Gasteiger partial charge in [0.05, 0.1) is 13.2 Å². The van der Waals surface area contributed by atoms with Crippen molar-refractivity contribution in [1.82, 2.24) is 10.2 Å². The Morgan fingerprint density at radius 3 is 2.47 bits per heavy atom. The van der Waals surface area contributed by atoms with Crippen LogP contribution in [0.3, 0.4) is 0 Å². The lowest BCUT2D eigenvalue weighted by molar-refractivity contribution is -0.151. The fraction of sp³-hybridized carbons (Fsp3) is 0.929. The first-order valence-corrected chi connectivity index (χ1v) is 7.18. The third-order valence-corrected chi connectivity index (χ3v) is 2.90. The van der Waals surface area contributed by atoms with Crippen LogP contribution in [0, 0.1) is 0 Å². The molecule has 0 aromatic heterocycles. The van der Waals surface area contributed by atoms with Gasteiger partial charge in [-0.05, 0) is 40.8 Å². The van der Waals surface area contributed by atoms with Crippen LogP contribution in [0.1, 0.15) is 34.1 Å². The predicted octanol–water partition coefficient (Wildman–Crippen LogP) is 1.28. The number of nitrogens with one attached hydrogen (secondary N) is 1. The molecule has 0 aliphatic carbocycles. The van der Waals surface area contributed by atoms with Gasteiger partial charge in [-0.1, -0.05) is 6.92 Å². The van der Waals surface area contributed by atoms with Crippen molar-refractivity contribution in [2.75, 3.05) is 46.5 Å². The van der Waals surface area contributed by atoms with E-state index in [2.05, 4.69) is 17.1 Å². The van der Waals surface area contributed by atoms with Crippen LogP contribution in [0.15, 0.2) is 0 Å². The molecule has 0 saturated heterocycles. The second-order valence-corrected chi connectivity index (χ2v) is 4.91. The van der Waals surface area contributed by atoms with Crippen LogP contribution < -0.4 is 5.32 Å². The lowest BCUT2D eigenvalue weighted by atomic mass is 10.0. The molecule has 0 rings (SSSR count). The number of esters is 1. The van der Waals surface area contributed by atoms with Crippen molar-refractivity contribution in [1.29, 1.82) is 0 Å². The Bertz CT molecular complexity index is 249. The summed E-state index contributed by atoms with van der Waals surface area (Å²) in [6.45, 7) is 11.8. The van der Waals surface area contributed by atoms with Crippen LogP contribution in [0.4, 0.5) is 0 Å². The van der Waals surface area contributed by atoms with Crippen molar-refractivity contribution in [3.8, 4) is 0 Å². The van der Waals surface area contributed by atoms with E-state index in [1.165, 1.54) is 0 Å². The summed E-state index contributed by atoms with van der Waals surface area (Å²) in [6, 6.07) is 0. The van der Waals surface area contributed by atoms with Gasteiger partial charge in [-0.2, -0.15) is 0 Å². The summed E-state index contributed by atoms with van der Waals surface area (Å²) in [5.41, 5.74) is -0.660. The molecule has 0 aliphatic heterocycles. The molecule has 0 bridgehead atoms. The van der Waals surface area contributed by atoms with Gasteiger partial charge < -0.3 is 19.7 Å². The van der Waals surface area contributed by atoms with Gasteiger partial charge in [0.25, 0.3) is 0 Å². The first-order chi connectivity index (χ1) is 9.00. The van der Waals surface area contributed by atoms with E-state index in [1.807, 2.05) is 27.8 Å². The Hall–Kier alpha value is -0.650. The van der Waals surface area contributed by atoms with Crippen LogP contribution in [0.25, 0.3) is 0 Å². The van der Waals surface area contributed by atoms with Crippen molar-refractivity contribution < 1.29 is 14.3 Å². The summed E-state index contributed by atoms with van der Waals surface area (Å²) in [5, 5.41) is 3.29. The van der Waals surface area contributed by atoms with Gasteiger partial charge in [0.2, 0.25) is 0 Å². The summed E-state index contributed by atoms with van der Waals surface area (Å²) in [5.74, 6) is -0.188. The van der Waals surface area contributed by atoms with Crippen molar-refractivity contribution in [2.45, 2.75) is 39.7 Å². The number of carbonyl (C=O) groups excluding carboxylic acids is 1. The molecule has 0 radical (unpaired) electrons. The first-order valence-electron chi connectivity index (χ1n) is 7.18. The molecule has 1 atom stereocenters. The standard InChI is InChI=1S/C14H30N2O3/c1-6-9-15-14(4,13(17)19-8-3)12-16(5)10-11-18-7-2/h15H,6-12H2,1-5H3. The number of nitrogens with zero attached hydrogens (tertiary/aromatic N) is 1. The van der Waals surface area contributed by atoms with Crippen molar-refractivity contribution in [3.63, 3.8) is 0 Å². The zero-order valence-corrected chi connectivity index (χ0v) is 13.1. The zero-order valence-electron chi connectivity index (χ0n) is 13.1. The second kappa shape index (κ2) is 10.2. The summed E-state index contributed by atoms with van der Waals surface area (Å²) in [4.78, 5) is 14.2. The van der Waals surface area contributed by atoms with Gasteiger partial charge in [0, 0.05) is 19.7 Å². The average Bonchev–Trinajstić information content (AvgIpc) is 2.37. The molecule has 5 heteroatoms. The molecule has 0 aliphatic rings. The monoisotopic (exact) mass is 274 g/mol. The van der Waals surface area contributed by atoms with E-state index in [9.17, 15) is 4.79 Å². The number of carbonyl (C=O) groups is 1. The fourth-order valence-corrected chi connectivity index (χ4v) is 1.87. The van der Waals surface area contributed by atoms with Gasteiger partial charge in [0.1, 0.15) is 5.54 Å². The van der Waals surface area contributed by atoms with E-state index in [4.69, 9.17) is 9.47 Å². The molecule has 0 spiro atoms. The molecular weight excluding hydrogens is 244 g/mol. The highest BCUT2D eigenvalue weighted by Gasteiger charge is 2.35. The van der Waals surface area contributed by atoms with Crippen molar-refractivity contribution >= 4 is 5.97 Å². The number of hydrogen-bond donors (Lipinski definition) is 1. The summed E-state index contributed by atoms with van der Waals surface area (Å²) in [6.07, 6.45) is 0.984. The molecule has 0 heterocycles. The topological polar surface area (TPSA) is 50.8 Å². The van der Waals surface area contributed by atoms with E-state index in [0.717, 1.165) is 26.1 Å². The Kier molecular flexibility index (Phi) is 9.83. The number of ether oxygens (including phenoxy) is 2. The first kappa shape index (κ1) is 18.4. The van der Waals surface area contributed by atoms with Crippen LogP contribution in [0.2, 0.25) is 0 Å². The SMILES string of the molecule is CCCNC(C)(CN(C)CCOCC)C(=O)OCC. The van der Waals surface area contributed by atoms with Crippen LogP contribution >= 0.6 is 0 Å². The quantitative estimate of drug-likeness (QED) is 0.454. The molecule has 0 amide bonds. The molecule has 19 heavy (non-hydrogen) atoms. The minimum atomic E-state index is -0.660. The Morgan fingerprint density at radius 2 is 1.95 bits per heavy atom. The second-order valence-electron chi connectivity index (χ2n) is 4.91. The smallest absolute Gasteiger partial charge is 0.327 e. The van der Waals surface area contributed by atoms with Crippen molar-refractivity contribution in [2.24, 2.45) is 0 Å². The summed E-state index contributed by atoms with van der Waals surface area (Å²) >= 11 is 0. The molecule has 5 nitrogen and oxygen atoms in total. The third-order valence-electron chi connectivity index (χ3n) is 2.90. The molecule has 0 saturated carbocycles. The molecule has 114 valence electrons. The van der Waals surface area contributed by atoms with E-state index in [1.54, 1.807) is 0 Å². The Balaban J connectivity index is 4.43. The predicted molar refractivity (Wildman–Crippen MR) is 77.3 cm³/mol. The number of likely N-dealkylation sites (N-methyl/N-ethyl adjacent to an activating group) is 1. The van der Waals surface area contributed by atoms with Crippen LogP contribution in [-0.2, 0) is 14.3 Å². The molecular formula is C14H30N2O3. The highest BCUT2D eigenvalue weighted by molar-refractivity contribution is 5.80. The average molecular weight is 274 g/mol. The normalized spacial score (nSPS) is 14.4. The molecule has 1 N–H and O–H groups in total. The number of rotatable bonds is 11. The lowest BCUT2D eigenvalue weighted by Crippen LogP contribution is -2.57. The molecule has 0 fully saturated rings. The van der Waals surface area contributed by atoms with Crippen molar-refractivity contribution in [3.05, 3.63) is 0 Å². The maximum absolute atomic E-state index is 12.1. The number of hydrogen-bond acceptors (Lipinski definition) is 5. The maximum Gasteiger partial charge on any atom is 0.327 e. The van der Waals surface area contributed by atoms with E-state index in [0.29, 0.717) is 19.8 Å². The minimum absolute atomic E-state index is 0.188. The van der Waals surface area contributed by atoms with Gasteiger partial charge in [-0.15, -0.1) is 0 Å². The van der Waals surface area contributed by atoms with Crippen LogP contribution in [0.5, 0.6) is 0 Å². The molecule has 0 aromatic carbocycles. The fourth-order valence-electron chi connectivity index (χ4n) is 1.87. The zero-order chi connectivity index (χ0) is 14.7. The summed E-state index contributed by atoms with van der Waals surface area (Å²) in [7, 11) is 1.99. The van der Waals surface area contributed by atoms with E-state index < -0.39 is 5.54 Å². The van der Waals surface area contributed by atoms with E-state index in [-0.39, 0.29) is 5.97 Å². The molecule has 0 aromatic rings. The lowest BCUT2D eigenvalue weighted by Gasteiger charge is -2.32. The van der Waals surface area contributed by atoms with Crippen LogP contribution in [-0.4, -0.2) is 62.9 Å².